The van der Waals surface area contributed by atoms with Crippen molar-refractivity contribution in [3.8, 4) is 0 Å². The molecule has 0 fully saturated rings. The fourth-order valence-corrected chi connectivity index (χ4v) is 2.88. The van der Waals surface area contributed by atoms with Crippen molar-refractivity contribution in [2.75, 3.05) is 4.90 Å². The van der Waals surface area contributed by atoms with Gasteiger partial charge < -0.3 is 9.32 Å². The SMILES string of the molecule is CC(C)N(C(=O)Cn1c(=O)oc2cc(Cl)ccc21)c1ccccc1. The Labute approximate surface area is 144 Å². The number of oxazole rings is 1. The Morgan fingerprint density at radius 3 is 2.58 bits per heavy atom. The molecular formula is C18H17ClN2O3. The van der Waals surface area contributed by atoms with Crippen molar-refractivity contribution in [2.24, 2.45) is 0 Å². The molecule has 0 saturated heterocycles. The van der Waals surface area contributed by atoms with Gasteiger partial charge in [0.1, 0.15) is 6.54 Å². The topological polar surface area (TPSA) is 55.5 Å². The Bertz CT molecular complexity index is 928. The Morgan fingerprint density at radius 1 is 1.21 bits per heavy atom. The number of carbonyl (C=O) groups excluding carboxylic acids is 1. The van der Waals surface area contributed by atoms with Crippen molar-refractivity contribution in [1.82, 2.24) is 4.57 Å². The molecule has 0 radical (unpaired) electrons. The summed E-state index contributed by atoms with van der Waals surface area (Å²) in [6.45, 7) is 3.77. The predicted molar refractivity (Wildman–Crippen MR) is 94.5 cm³/mol. The van der Waals surface area contributed by atoms with E-state index in [0.717, 1.165) is 5.69 Å². The van der Waals surface area contributed by atoms with E-state index in [-0.39, 0.29) is 18.5 Å². The zero-order valence-corrected chi connectivity index (χ0v) is 14.2. The maximum Gasteiger partial charge on any atom is 0.420 e. The van der Waals surface area contributed by atoms with Gasteiger partial charge in [0.25, 0.3) is 0 Å². The van der Waals surface area contributed by atoms with Crippen LogP contribution in [0.3, 0.4) is 0 Å². The van der Waals surface area contributed by atoms with Gasteiger partial charge in [0.2, 0.25) is 5.91 Å². The van der Waals surface area contributed by atoms with Crippen molar-refractivity contribution >= 4 is 34.3 Å². The van der Waals surface area contributed by atoms with Crippen LogP contribution < -0.4 is 10.7 Å². The lowest BCUT2D eigenvalue weighted by Crippen LogP contribution is -2.40. The lowest BCUT2D eigenvalue weighted by atomic mass is 10.2. The molecule has 0 aliphatic carbocycles. The van der Waals surface area contributed by atoms with Gasteiger partial charge in [0.05, 0.1) is 5.52 Å². The number of nitrogens with zero attached hydrogens (tertiary/aromatic N) is 2. The first kappa shape index (κ1) is 16.3. The number of benzene rings is 2. The standard InChI is InChI=1S/C18H17ClN2O3/c1-12(2)21(14-6-4-3-5-7-14)17(22)11-20-15-9-8-13(19)10-16(15)24-18(20)23/h3-10,12H,11H2,1-2H3. The zero-order chi connectivity index (χ0) is 17.3. The lowest BCUT2D eigenvalue weighted by Gasteiger charge is -2.27. The average Bonchev–Trinajstić information content (AvgIpc) is 2.83. The van der Waals surface area contributed by atoms with Gasteiger partial charge in [0.15, 0.2) is 5.58 Å². The number of hydrogen-bond acceptors (Lipinski definition) is 3. The van der Waals surface area contributed by atoms with E-state index in [0.29, 0.717) is 16.1 Å². The van der Waals surface area contributed by atoms with Crippen LogP contribution in [0.15, 0.2) is 57.7 Å². The Morgan fingerprint density at radius 2 is 1.92 bits per heavy atom. The quantitative estimate of drug-likeness (QED) is 0.725. The van der Waals surface area contributed by atoms with Crippen LogP contribution >= 0.6 is 11.6 Å². The molecule has 0 N–H and O–H groups in total. The van der Waals surface area contributed by atoms with Crippen LogP contribution in [-0.2, 0) is 11.3 Å². The first-order valence-electron chi connectivity index (χ1n) is 7.63. The minimum atomic E-state index is -0.572. The summed E-state index contributed by atoms with van der Waals surface area (Å²) in [7, 11) is 0. The van der Waals surface area contributed by atoms with Crippen LogP contribution in [0, 0.1) is 0 Å². The minimum absolute atomic E-state index is 0.0387. The first-order chi connectivity index (χ1) is 11.5. The van der Waals surface area contributed by atoms with Gasteiger partial charge in [-0.05, 0) is 38.1 Å². The van der Waals surface area contributed by atoms with Gasteiger partial charge in [-0.3, -0.25) is 9.36 Å². The van der Waals surface area contributed by atoms with E-state index >= 15 is 0 Å². The Kier molecular flexibility index (Phi) is 4.44. The van der Waals surface area contributed by atoms with Gasteiger partial charge in [-0.2, -0.15) is 0 Å². The van der Waals surface area contributed by atoms with Gasteiger partial charge in [-0.1, -0.05) is 29.8 Å². The van der Waals surface area contributed by atoms with Gasteiger partial charge >= 0.3 is 5.76 Å². The highest BCUT2D eigenvalue weighted by Crippen LogP contribution is 2.20. The summed E-state index contributed by atoms with van der Waals surface area (Å²) in [5, 5.41) is 0.475. The van der Waals surface area contributed by atoms with E-state index in [1.807, 2.05) is 44.2 Å². The summed E-state index contributed by atoms with van der Waals surface area (Å²) in [6.07, 6.45) is 0. The molecule has 0 atom stereocenters. The number of aromatic nitrogens is 1. The van der Waals surface area contributed by atoms with Crippen molar-refractivity contribution in [1.29, 1.82) is 0 Å². The lowest BCUT2D eigenvalue weighted by molar-refractivity contribution is -0.119. The summed E-state index contributed by atoms with van der Waals surface area (Å²) >= 11 is 5.91. The second-order valence-electron chi connectivity index (χ2n) is 5.76. The summed E-state index contributed by atoms with van der Waals surface area (Å²) in [6, 6.07) is 14.2. The molecule has 5 nitrogen and oxygen atoms in total. The highest BCUT2D eigenvalue weighted by molar-refractivity contribution is 6.31. The van der Waals surface area contributed by atoms with Crippen molar-refractivity contribution in [3.05, 3.63) is 64.1 Å². The zero-order valence-electron chi connectivity index (χ0n) is 13.4. The molecule has 124 valence electrons. The molecule has 1 heterocycles. The molecule has 1 amide bonds. The molecule has 2 aromatic carbocycles. The van der Waals surface area contributed by atoms with Crippen molar-refractivity contribution in [3.63, 3.8) is 0 Å². The molecular weight excluding hydrogens is 328 g/mol. The predicted octanol–water partition coefficient (Wildman–Crippen LogP) is 3.69. The number of halogens is 1. The highest BCUT2D eigenvalue weighted by atomic mass is 35.5. The molecule has 24 heavy (non-hydrogen) atoms. The van der Waals surface area contributed by atoms with Crippen LogP contribution in [0.25, 0.3) is 11.1 Å². The monoisotopic (exact) mass is 344 g/mol. The molecule has 1 aromatic heterocycles. The number of para-hydroxylation sites is 1. The normalized spacial score (nSPS) is 11.2. The smallest absolute Gasteiger partial charge is 0.408 e. The molecule has 0 aliphatic rings. The number of rotatable bonds is 4. The van der Waals surface area contributed by atoms with Crippen LogP contribution in [0.2, 0.25) is 5.02 Å². The number of amides is 1. The molecule has 3 aromatic rings. The molecule has 0 spiro atoms. The van der Waals surface area contributed by atoms with Crippen molar-refractivity contribution in [2.45, 2.75) is 26.4 Å². The van der Waals surface area contributed by atoms with E-state index < -0.39 is 5.76 Å². The second kappa shape index (κ2) is 6.53. The summed E-state index contributed by atoms with van der Waals surface area (Å²) in [5.74, 6) is -0.756. The second-order valence-corrected chi connectivity index (χ2v) is 6.20. The fourth-order valence-electron chi connectivity index (χ4n) is 2.72. The van der Waals surface area contributed by atoms with E-state index in [4.69, 9.17) is 16.0 Å². The molecule has 6 heteroatoms. The summed E-state index contributed by atoms with van der Waals surface area (Å²) in [4.78, 5) is 26.6. The van der Waals surface area contributed by atoms with Gasteiger partial charge in [0, 0.05) is 22.8 Å². The van der Waals surface area contributed by atoms with Crippen LogP contribution in [0.4, 0.5) is 5.69 Å². The maximum absolute atomic E-state index is 12.8. The maximum atomic E-state index is 12.8. The number of anilines is 1. The third-order valence-corrected chi connectivity index (χ3v) is 3.98. The van der Waals surface area contributed by atoms with Crippen molar-refractivity contribution < 1.29 is 9.21 Å². The van der Waals surface area contributed by atoms with Gasteiger partial charge in [-0.25, -0.2) is 4.79 Å². The number of fused-ring (bicyclic) bond motifs is 1. The number of hydrogen-bond donors (Lipinski definition) is 0. The molecule has 0 unspecified atom stereocenters. The fraction of sp³-hybridized carbons (Fsp3) is 0.222. The van der Waals surface area contributed by atoms with Crippen LogP contribution in [0.1, 0.15) is 13.8 Å². The van der Waals surface area contributed by atoms with E-state index in [9.17, 15) is 9.59 Å². The van der Waals surface area contributed by atoms with E-state index in [1.165, 1.54) is 4.57 Å². The number of carbonyl (C=O) groups is 1. The summed E-state index contributed by atoms with van der Waals surface area (Å²) < 4.78 is 6.50. The summed E-state index contributed by atoms with van der Waals surface area (Å²) in [5.41, 5.74) is 1.71. The van der Waals surface area contributed by atoms with Gasteiger partial charge in [-0.15, -0.1) is 0 Å². The highest BCUT2D eigenvalue weighted by Gasteiger charge is 2.21. The third kappa shape index (κ3) is 3.08. The van der Waals surface area contributed by atoms with Crippen LogP contribution in [-0.4, -0.2) is 16.5 Å². The Balaban J connectivity index is 1.97. The van der Waals surface area contributed by atoms with E-state index in [2.05, 4.69) is 0 Å². The molecule has 0 aliphatic heterocycles. The largest absolute Gasteiger partial charge is 0.420 e. The third-order valence-electron chi connectivity index (χ3n) is 3.74. The van der Waals surface area contributed by atoms with E-state index in [1.54, 1.807) is 23.1 Å². The average molecular weight is 345 g/mol. The molecule has 3 rings (SSSR count). The minimum Gasteiger partial charge on any atom is -0.408 e. The molecule has 0 bridgehead atoms. The first-order valence-corrected chi connectivity index (χ1v) is 8.01. The molecule has 0 saturated carbocycles. The Hall–Kier alpha value is -2.53. The van der Waals surface area contributed by atoms with Crippen LogP contribution in [0.5, 0.6) is 0 Å².